The van der Waals surface area contributed by atoms with Crippen molar-refractivity contribution < 1.29 is 19.0 Å². The first-order valence-corrected chi connectivity index (χ1v) is 6.67. The van der Waals surface area contributed by atoms with Crippen LogP contribution in [0, 0.1) is 0 Å². The van der Waals surface area contributed by atoms with Gasteiger partial charge in [-0.15, -0.1) is 0 Å². The van der Waals surface area contributed by atoms with Gasteiger partial charge < -0.3 is 24.8 Å². The van der Waals surface area contributed by atoms with Gasteiger partial charge in [-0.1, -0.05) is 0 Å². The molecule has 0 spiro atoms. The van der Waals surface area contributed by atoms with Gasteiger partial charge in [-0.05, 0) is 20.8 Å². The Balaban J connectivity index is 2.14. The van der Waals surface area contributed by atoms with Crippen molar-refractivity contribution in [2.75, 3.05) is 40.0 Å². The van der Waals surface area contributed by atoms with Crippen LogP contribution in [0.25, 0.3) is 0 Å². The Labute approximate surface area is 115 Å². The summed E-state index contributed by atoms with van der Waals surface area (Å²) >= 11 is 0. The van der Waals surface area contributed by atoms with E-state index in [1.165, 1.54) is 0 Å². The third-order valence-electron chi connectivity index (χ3n) is 2.77. The fourth-order valence-corrected chi connectivity index (χ4v) is 2.05. The summed E-state index contributed by atoms with van der Waals surface area (Å²) in [7, 11) is 1.61. The van der Waals surface area contributed by atoms with Crippen molar-refractivity contribution in [3.8, 4) is 0 Å². The lowest BCUT2D eigenvalue weighted by atomic mass is 10.1. The highest BCUT2D eigenvalue weighted by Crippen LogP contribution is 2.15. The van der Waals surface area contributed by atoms with E-state index >= 15 is 0 Å². The number of hydrogen-bond donors (Lipinski definition) is 2. The minimum Gasteiger partial charge on any atom is -0.383 e. The van der Waals surface area contributed by atoms with Gasteiger partial charge in [-0.2, -0.15) is 0 Å². The zero-order valence-electron chi connectivity index (χ0n) is 12.3. The number of ether oxygens (including phenoxy) is 3. The number of amides is 1. The average molecular weight is 274 g/mol. The molecule has 0 radical (unpaired) electrons. The van der Waals surface area contributed by atoms with Crippen LogP contribution >= 0.6 is 0 Å². The Hall–Kier alpha value is -0.690. The second-order valence-electron chi connectivity index (χ2n) is 5.57. The van der Waals surface area contributed by atoms with E-state index in [2.05, 4.69) is 10.6 Å². The Kier molecular flexibility index (Phi) is 6.71. The second-order valence-corrected chi connectivity index (χ2v) is 5.57. The zero-order chi connectivity index (χ0) is 14.3. The lowest BCUT2D eigenvalue weighted by Crippen LogP contribution is -2.52. The van der Waals surface area contributed by atoms with Crippen molar-refractivity contribution in [1.82, 2.24) is 10.6 Å². The maximum absolute atomic E-state index is 11.5. The molecular weight excluding hydrogens is 248 g/mol. The maximum atomic E-state index is 11.5. The maximum Gasteiger partial charge on any atom is 0.246 e. The highest BCUT2D eigenvalue weighted by Gasteiger charge is 2.28. The van der Waals surface area contributed by atoms with Gasteiger partial charge in [0, 0.05) is 26.2 Å². The summed E-state index contributed by atoms with van der Waals surface area (Å²) in [6.45, 7) is 8.50. The number of hydrogen-bond acceptors (Lipinski definition) is 5. The molecule has 1 aliphatic heterocycles. The number of rotatable bonds is 7. The number of morpholine rings is 1. The molecule has 1 amide bonds. The monoisotopic (exact) mass is 274 g/mol. The summed E-state index contributed by atoms with van der Waals surface area (Å²) in [6.07, 6.45) is -0.00653. The van der Waals surface area contributed by atoms with E-state index in [1.807, 2.05) is 20.8 Å². The van der Waals surface area contributed by atoms with Crippen molar-refractivity contribution in [2.24, 2.45) is 0 Å². The summed E-state index contributed by atoms with van der Waals surface area (Å²) in [5, 5.41) is 6.08. The van der Waals surface area contributed by atoms with Gasteiger partial charge >= 0.3 is 0 Å². The smallest absolute Gasteiger partial charge is 0.246 e. The summed E-state index contributed by atoms with van der Waals surface area (Å²) in [6, 6.07) is -0.00682. The van der Waals surface area contributed by atoms with Crippen molar-refractivity contribution in [1.29, 1.82) is 0 Å². The molecule has 1 saturated heterocycles. The summed E-state index contributed by atoms with van der Waals surface area (Å²) in [5.74, 6) is -0.132. The van der Waals surface area contributed by atoms with Crippen molar-refractivity contribution >= 4 is 5.91 Å². The molecule has 0 bridgehead atoms. The van der Waals surface area contributed by atoms with Crippen molar-refractivity contribution in [3.05, 3.63) is 0 Å². The summed E-state index contributed by atoms with van der Waals surface area (Å²) < 4.78 is 16.2. The van der Waals surface area contributed by atoms with Gasteiger partial charge in [0.1, 0.15) is 6.61 Å². The summed E-state index contributed by atoms with van der Waals surface area (Å²) in [4.78, 5) is 11.5. The molecule has 0 aliphatic carbocycles. The molecule has 0 aromatic rings. The minimum absolute atomic E-state index is 0.00653. The molecule has 0 aromatic heterocycles. The van der Waals surface area contributed by atoms with E-state index in [-0.39, 0.29) is 30.3 Å². The highest BCUT2D eigenvalue weighted by atomic mass is 16.5. The molecular formula is C13H26N2O4. The van der Waals surface area contributed by atoms with E-state index in [0.29, 0.717) is 13.2 Å². The molecule has 1 rings (SSSR count). The molecule has 6 nitrogen and oxygen atoms in total. The minimum atomic E-state index is -0.179. The van der Waals surface area contributed by atoms with Crippen molar-refractivity contribution in [2.45, 2.75) is 38.5 Å². The fourth-order valence-electron chi connectivity index (χ4n) is 2.05. The standard InChI is InChI=1S/C13H26N2O4/c1-10(6-17-4)15-12(16)8-18-7-11-5-14-9-13(2,3)19-11/h10-11,14H,5-9H2,1-4H3,(H,15,16). The SMILES string of the molecule is COCC(C)NC(=O)COCC1CNCC(C)(C)O1. The molecule has 2 atom stereocenters. The third kappa shape index (κ3) is 6.87. The number of carbonyl (C=O) groups is 1. The molecule has 0 aromatic carbocycles. The third-order valence-corrected chi connectivity index (χ3v) is 2.77. The molecule has 1 heterocycles. The van der Waals surface area contributed by atoms with Crippen LogP contribution in [0.3, 0.4) is 0 Å². The van der Waals surface area contributed by atoms with Crippen LogP contribution in [0.2, 0.25) is 0 Å². The van der Waals surface area contributed by atoms with E-state index in [0.717, 1.165) is 13.1 Å². The summed E-state index contributed by atoms with van der Waals surface area (Å²) in [5.41, 5.74) is -0.179. The van der Waals surface area contributed by atoms with Gasteiger partial charge in [-0.3, -0.25) is 4.79 Å². The molecule has 6 heteroatoms. The number of carbonyl (C=O) groups excluding carboxylic acids is 1. The van der Waals surface area contributed by atoms with Crippen LogP contribution in [0.1, 0.15) is 20.8 Å². The molecule has 0 saturated carbocycles. The van der Waals surface area contributed by atoms with Gasteiger partial charge in [0.15, 0.2) is 0 Å². The zero-order valence-corrected chi connectivity index (χ0v) is 12.3. The predicted octanol–water partition coefficient (Wildman–Crippen LogP) is -0.0789. The fraction of sp³-hybridized carbons (Fsp3) is 0.923. The largest absolute Gasteiger partial charge is 0.383 e. The Morgan fingerprint density at radius 2 is 2.32 bits per heavy atom. The molecule has 1 fully saturated rings. The first-order chi connectivity index (χ1) is 8.93. The van der Waals surface area contributed by atoms with Crippen LogP contribution in [0.4, 0.5) is 0 Å². The number of nitrogens with one attached hydrogen (secondary N) is 2. The van der Waals surface area contributed by atoms with Gasteiger partial charge in [0.2, 0.25) is 5.91 Å². The molecule has 1 aliphatic rings. The highest BCUT2D eigenvalue weighted by molar-refractivity contribution is 5.77. The second kappa shape index (κ2) is 7.79. The topological polar surface area (TPSA) is 68.8 Å². The van der Waals surface area contributed by atoms with Crippen LogP contribution < -0.4 is 10.6 Å². The molecule has 2 N–H and O–H groups in total. The quantitative estimate of drug-likeness (QED) is 0.680. The Bertz CT molecular complexity index is 284. The first-order valence-electron chi connectivity index (χ1n) is 6.67. The van der Waals surface area contributed by atoms with E-state index in [9.17, 15) is 4.79 Å². The van der Waals surface area contributed by atoms with Crippen LogP contribution in [0.5, 0.6) is 0 Å². The van der Waals surface area contributed by atoms with Gasteiger partial charge in [0.05, 0.1) is 24.9 Å². The van der Waals surface area contributed by atoms with Crippen molar-refractivity contribution in [3.63, 3.8) is 0 Å². The molecule has 2 unspecified atom stereocenters. The van der Waals surface area contributed by atoms with Crippen LogP contribution in [-0.4, -0.2) is 63.7 Å². The average Bonchev–Trinajstić information content (AvgIpc) is 2.27. The lowest BCUT2D eigenvalue weighted by molar-refractivity contribution is -0.136. The van der Waals surface area contributed by atoms with Crippen LogP contribution in [-0.2, 0) is 19.0 Å². The lowest BCUT2D eigenvalue weighted by Gasteiger charge is -2.36. The predicted molar refractivity (Wildman–Crippen MR) is 72.1 cm³/mol. The van der Waals surface area contributed by atoms with E-state index in [4.69, 9.17) is 14.2 Å². The normalized spacial score (nSPS) is 23.9. The van der Waals surface area contributed by atoms with Gasteiger partial charge in [0.25, 0.3) is 0 Å². The molecule has 112 valence electrons. The van der Waals surface area contributed by atoms with E-state index in [1.54, 1.807) is 7.11 Å². The molecule has 19 heavy (non-hydrogen) atoms. The van der Waals surface area contributed by atoms with E-state index < -0.39 is 0 Å². The first kappa shape index (κ1) is 16.4. The number of methoxy groups -OCH3 is 1. The van der Waals surface area contributed by atoms with Gasteiger partial charge in [-0.25, -0.2) is 0 Å². The Morgan fingerprint density at radius 3 is 2.95 bits per heavy atom. The Morgan fingerprint density at radius 1 is 1.58 bits per heavy atom. The van der Waals surface area contributed by atoms with Crippen LogP contribution in [0.15, 0.2) is 0 Å².